The van der Waals surface area contributed by atoms with E-state index >= 15 is 0 Å². The van der Waals surface area contributed by atoms with Gasteiger partial charge in [0.15, 0.2) is 0 Å². The van der Waals surface area contributed by atoms with Gasteiger partial charge in [0.05, 0.1) is 5.56 Å². The van der Waals surface area contributed by atoms with Crippen LogP contribution in [-0.2, 0) is 9.59 Å². The van der Waals surface area contributed by atoms with Gasteiger partial charge in [-0.15, -0.1) is 0 Å². The van der Waals surface area contributed by atoms with Gasteiger partial charge in [-0.3, -0.25) is 14.4 Å². The van der Waals surface area contributed by atoms with Crippen LogP contribution in [0.15, 0.2) is 24.3 Å². The van der Waals surface area contributed by atoms with Gasteiger partial charge in [0.1, 0.15) is 11.7 Å². The molecule has 3 N–H and O–H groups in total. The van der Waals surface area contributed by atoms with E-state index in [4.69, 9.17) is 0 Å². The topological polar surface area (TPSA) is 90.5 Å². The smallest absolute Gasteiger partial charge is 0.255 e. The van der Waals surface area contributed by atoms with Gasteiger partial charge in [0.2, 0.25) is 11.8 Å². The van der Waals surface area contributed by atoms with E-state index < -0.39 is 11.7 Å². The summed E-state index contributed by atoms with van der Waals surface area (Å²) in [5.41, 5.74) is 0.728. The molecule has 1 aromatic carbocycles. The molecule has 1 spiro atoms. The lowest BCUT2D eigenvalue weighted by atomic mass is 9.95. The monoisotopic (exact) mass is 372 g/mol. The fourth-order valence-electron chi connectivity index (χ4n) is 3.64. The molecular weight excluding hydrogens is 344 g/mol. The summed E-state index contributed by atoms with van der Waals surface area (Å²) in [6.45, 7) is 6.81. The zero-order chi connectivity index (χ0) is 19.6. The Labute approximate surface area is 159 Å². The van der Waals surface area contributed by atoms with Crippen molar-refractivity contribution in [2.75, 3.05) is 18.4 Å². The van der Waals surface area contributed by atoms with Crippen molar-refractivity contribution in [3.8, 4) is 0 Å². The molecule has 1 fully saturated rings. The normalized spacial score (nSPS) is 23.3. The lowest BCUT2D eigenvalue weighted by Crippen LogP contribution is -2.58. The van der Waals surface area contributed by atoms with Crippen LogP contribution in [0.3, 0.4) is 0 Å². The molecule has 7 heteroatoms. The Balaban J connectivity index is 1.72. The van der Waals surface area contributed by atoms with Gasteiger partial charge in [0, 0.05) is 31.6 Å². The zero-order valence-corrected chi connectivity index (χ0v) is 16.2. The van der Waals surface area contributed by atoms with Crippen molar-refractivity contribution in [2.45, 2.75) is 51.7 Å². The largest absolute Gasteiger partial charge is 0.362 e. The number of carbonyl (C=O) groups is 3. The van der Waals surface area contributed by atoms with E-state index in [-0.39, 0.29) is 24.1 Å². The molecule has 0 aromatic heterocycles. The number of likely N-dealkylation sites (tertiary alicyclic amines) is 1. The fraction of sp³-hybridized carbons (Fsp3) is 0.550. The predicted molar refractivity (Wildman–Crippen MR) is 103 cm³/mol. The second-order valence-corrected chi connectivity index (χ2v) is 7.86. The maximum absolute atomic E-state index is 12.7. The maximum Gasteiger partial charge on any atom is 0.255 e. The Kier molecular flexibility index (Phi) is 5.39. The molecule has 3 rings (SSSR count). The van der Waals surface area contributed by atoms with Crippen LogP contribution < -0.4 is 16.0 Å². The predicted octanol–water partition coefficient (Wildman–Crippen LogP) is 1.71. The summed E-state index contributed by atoms with van der Waals surface area (Å²) in [4.78, 5) is 39.2. The Morgan fingerprint density at radius 1 is 1.19 bits per heavy atom. The van der Waals surface area contributed by atoms with Crippen molar-refractivity contribution in [3.05, 3.63) is 29.8 Å². The standard InChI is InChI=1S/C20H28N4O3/c1-13(2)12-21-18(26)14(3)24-11-10-20(9-8-17(24)25)22-16-7-5-4-6-15(16)19(27)23-20/h4-7,13-14,22H,8-12H2,1-3H3,(H,21,26)(H,23,27)/t14-,20+/m0/s1. The number of hydrogen-bond acceptors (Lipinski definition) is 4. The van der Waals surface area contributed by atoms with Gasteiger partial charge in [-0.2, -0.15) is 0 Å². The van der Waals surface area contributed by atoms with Crippen LogP contribution >= 0.6 is 0 Å². The molecule has 146 valence electrons. The molecule has 1 aromatic rings. The first kappa shape index (κ1) is 19.2. The van der Waals surface area contributed by atoms with Crippen molar-refractivity contribution >= 4 is 23.4 Å². The van der Waals surface area contributed by atoms with Gasteiger partial charge in [-0.1, -0.05) is 26.0 Å². The van der Waals surface area contributed by atoms with E-state index in [0.29, 0.717) is 37.4 Å². The number of fused-ring (bicyclic) bond motifs is 1. The van der Waals surface area contributed by atoms with Gasteiger partial charge in [-0.25, -0.2) is 0 Å². The summed E-state index contributed by atoms with van der Waals surface area (Å²) in [6, 6.07) is 6.83. The average Bonchev–Trinajstić information content (AvgIpc) is 2.79. The number of rotatable bonds is 4. The molecule has 0 saturated carbocycles. The number of anilines is 1. The molecule has 27 heavy (non-hydrogen) atoms. The molecule has 0 radical (unpaired) electrons. The summed E-state index contributed by atoms with van der Waals surface area (Å²) in [7, 11) is 0. The van der Waals surface area contributed by atoms with Crippen molar-refractivity contribution in [3.63, 3.8) is 0 Å². The van der Waals surface area contributed by atoms with Crippen LogP contribution in [0.2, 0.25) is 0 Å². The average molecular weight is 372 g/mol. The van der Waals surface area contributed by atoms with Gasteiger partial charge in [0.25, 0.3) is 5.91 Å². The summed E-state index contributed by atoms with van der Waals surface area (Å²) < 4.78 is 0. The first-order valence-corrected chi connectivity index (χ1v) is 9.58. The highest BCUT2D eigenvalue weighted by Gasteiger charge is 2.41. The maximum atomic E-state index is 12.7. The third-order valence-corrected chi connectivity index (χ3v) is 5.30. The molecule has 3 amide bonds. The zero-order valence-electron chi connectivity index (χ0n) is 16.2. The number of nitrogens with one attached hydrogen (secondary N) is 3. The molecule has 2 heterocycles. The van der Waals surface area contributed by atoms with Crippen molar-refractivity contribution < 1.29 is 14.4 Å². The first-order valence-electron chi connectivity index (χ1n) is 9.58. The summed E-state index contributed by atoms with van der Waals surface area (Å²) in [6.07, 6.45) is 1.31. The third kappa shape index (κ3) is 4.07. The number of amides is 3. The highest BCUT2D eigenvalue weighted by molar-refractivity contribution is 6.02. The number of hydrogen-bond donors (Lipinski definition) is 3. The van der Waals surface area contributed by atoms with Crippen LogP contribution in [0, 0.1) is 5.92 Å². The Bertz CT molecular complexity index is 748. The Morgan fingerprint density at radius 2 is 1.93 bits per heavy atom. The van der Waals surface area contributed by atoms with Crippen LogP contribution in [0.4, 0.5) is 5.69 Å². The van der Waals surface area contributed by atoms with Crippen molar-refractivity contribution in [1.29, 1.82) is 0 Å². The third-order valence-electron chi connectivity index (χ3n) is 5.30. The molecule has 2 aliphatic rings. The molecule has 7 nitrogen and oxygen atoms in total. The summed E-state index contributed by atoms with van der Waals surface area (Å²) in [5, 5.41) is 9.36. The second kappa shape index (κ2) is 7.58. The quantitative estimate of drug-likeness (QED) is 0.750. The van der Waals surface area contributed by atoms with Crippen LogP contribution in [0.25, 0.3) is 0 Å². The Hall–Kier alpha value is -2.57. The lowest BCUT2D eigenvalue weighted by Gasteiger charge is -2.40. The SMILES string of the molecule is CC(C)CNC(=O)[C@H](C)N1CC[C@@]2(CCC1=O)NC(=O)c1ccccc1N2. The van der Waals surface area contributed by atoms with E-state index in [1.165, 1.54) is 0 Å². The van der Waals surface area contributed by atoms with E-state index in [0.717, 1.165) is 5.69 Å². The highest BCUT2D eigenvalue weighted by atomic mass is 16.2. The molecule has 0 bridgehead atoms. The van der Waals surface area contributed by atoms with Crippen molar-refractivity contribution in [2.24, 2.45) is 5.92 Å². The minimum Gasteiger partial charge on any atom is -0.362 e. The summed E-state index contributed by atoms with van der Waals surface area (Å²) in [5.74, 6) is 0.0203. The molecule has 0 unspecified atom stereocenters. The Morgan fingerprint density at radius 3 is 2.67 bits per heavy atom. The van der Waals surface area contributed by atoms with E-state index in [1.54, 1.807) is 17.9 Å². The molecular formula is C20H28N4O3. The van der Waals surface area contributed by atoms with Gasteiger partial charge < -0.3 is 20.9 Å². The van der Waals surface area contributed by atoms with Crippen LogP contribution in [0.5, 0.6) is 0 Å². The second-order valence-electron chi connectivity index (χ2n) is 7.86. The molecule has 0 aliphatic carbocycles. The fourth-order valence-corrected chi connectivity index (χ4v) is 3.64. The number of nitrogens with zero attached hydrogens (tertiary/aromatic N) is 1. The molecule has 2 aliphatic heterocycles. The molecule has 2 atom stereocenters. The summed E-state index contributed by atoms with van der Waals surface area (Å²) >= 11 is 0. The van der Waals surface area contributed by atoms with Crippen LogP contribution in [0.1, 0.15) is 50.4 Å². The van der Waals surface area contributed by atoms with E-state index in [2.05, 4.69) is 16.0 Å². The number of benzene rings is 1. The van der Waals surface area contributed by atoms with Gasteiger partial charge >= 0.3 is 0 Å². The van der Waals surface area contributed by atoms with E-state index in [9.17, 15) is 14.4 Å². The first-order chi connectivity index (χ1) is 12.8. The van der Waals surface area contributed by atoms with Gasteiger partial charge in [-0.05, 0) is 31.4 Å². The van der Waals surface area contributed by atoms with E-state index in [1.807, 2.05) is 32.0 Å². The van der Waals surface area contributed by atoms with Crippen molar-refractivity contribution in [1.82, 2.24) is 15.5 Å². The minimum atomic E-state index is -0.663. The van der Waals surface area contributed by atoms with Crippen LogP contribution in [-0.4, -0.2) is 47.4 Å². The highest BCUT2D eigenvalue weighted by Crippen LogP contribution is 2.31. The minimum absolute atomic E-state index is 0.0611. The molecule has 1 saturated heterocycles. The number of para-hydroxylation sites is 1. The lowest BCUT2D eigenvalue weighted by molar-refractivity contribution is -0.139. The number of carbonyl (C=O) groups excluding carboxylic acids is 3.